The molecule has 0 saturated heterocycles. The largest absolute Gasteiger partial charge is 0.494 e. The number of halogens is 1. The van der Waals surface area contributed by atoms with E-state index in [0.29, 0.717) is 24.5 Å². The first-order chi connectivity index (χ1) is 9.25. The summed E-state index contributed by atoms with van der Waals surface area (Å²) in [6.07, 6.45) is 1.19. The van der Waals surface area contributed by atoms with Gasteiger partial charge in [-0.3, -0.25) is 4.79 Å². The van der Waals surface area contributed by atoms with Gasteiger partial charge in [0.1, 0.15) is 5.75 Å². The maximum Gasteiger partial charge on any atom is 0.163 e. The van der Waals surface area contributed by atoms with Crippen LogP contribution in [0.5, 0.6) is 5.75 Å². The molecule has 3 heteroatoms. The molecule has 2 rings (SSSR count). The molecule has 0 spiro atoms. The third kappa shape index (κ3) is 4.42. The van der Waals surface area contributed by atoms with Crippen LogP contribution in [-0.4, -0.2) is 12.4 Å². The van der Waals surface area contributed by atoms with Gasteiger partial charge < -0.3 is 4.74 Å². The third-order valence-electron chi connectivity index (χ3n) is 2.71. The molecule has 0 atom stereocenters. The van der Waals surface area contributed by atoms with Crippen molar-refractivity contribution in [1.82, 2.24) is 0 Å². The Balaban J connectivity index is 1.74. The molecule has 0 fully saturated rings. The summed E-state index contributed by atoms with van der Waals surface area (Å²) in [6, 6.07) is 16.6. The summed E-state index contributed by atoms with van der Waals surface area (Å²) in [6.45, 7) is 0.513. The van der Waals surface area contributed by atoms with Crippen LogP contribution in [0.4, 0.5) is 0 Å². The Morgan fingerprint density at radius 2 is 1.84 bits per heavy atom. The van der Waals surface area contributed by atoms with Gasteiger partial charge in [0.15, 0.2) is 5.78 Å². The molecule has 2 aromatic rings. The zero-order valence-electron chi connectivity index (χ0n) is 10.5. The predicted molar refractivity (Wildman–Crippen MR) is 77.0 cm³/mol. The van der Waals surface area contributed by atoms with Crippen molar-refractivity contribution in [3.63, 3.8) is 0 Å². The molecule has 0 heterocycles. The highest BCUT2D eigenvalue weighted by Gasteiger charge is 2.04. The van der Waals surface area contributed by atoms with Gasteiger partial charge in [-0.1, -0.05) is 48.0 Å². The first-order valence-corrected chi connectivity index (χ1v) is 6.60. The van der Waals surface area contributed by atoms with E-state index < -0.39 is 0 Å². The average molecular weight is 275 g/mol. The van der Waals surface area contributed by atoms with Crippen molar-refractivity contribution in [3.05, 3.63) is 65.2 Å². The van der Waals surface area contributed by atoms with Gasteiger partial charge in [-0.15, -0.1) is 0 Å². The molecular weight excluding hydrogens is 260 g/mol. The van der Waals surface area contributed by atoms with Crippen molar-refractivity contribution in [2.45, 2.75) is 12.8 Å². The lowest BCUT2D eigenvalue weighted by molar-refractivity contribution is 0.0973. The predicted octanol–water partition coefficient (Wildman–Crippen LogP) is 4.38. The highest BCUT2D eigenvalue weighted by molar-refractivity contribution is 6.30. The molecule has 0 bridgehead atoms. The zero-order valence-corrected chi connectivity index (χ0v) is 11.3. The zero-order chi connectivity index (χ0) is 13.5. The van der Waals surface area contributed by atoms with E-state index in [1.807, 2.05) is 42.5 Å². The van der Waals surface area contributed by atoms with Crippen molar-refractivity contribution in [2.75, 3.05) is 6.61 Å². The first-order valence-electron chi connectivity index (χ1n) is 6.22. The van der Waals surface area contributed by atoms with Crippen LogP contribution >= 0.6 is 11.6 Å². The summed E-state index contributed by atoms with van der Waals surface area (Å²) in [4.78, 5) is 11.8. The van der Waals surface area contributed by atoms with E-state index in [-0.39, 0.29) is 5.78 Å². The van der Waals surface area contributed by atoms with Crippen LogP contribution < -0.4 is 4.74 Å². The molecule has 2 aromatic carbocycles. The first kappa shape index (κ1) is 13.6. The molecule has 0 aliphatic rings. The summed E-state index contributed by atoms with van der Waals surface area (Å²) in [5, 5.41) is 0.651. The molecule has 98 valence electrons. The number of hydrogen-bond donors (Lipinski definition) is 0. The number of ketones is 1. The minimum absolute atomic E-state index is 0.148. The Morgan fingerprint density at radius 3 is 2.58 bits per heavy atom. The van der Waals surface area contributed by atoms with Crippen molar-refractivity contribution < 1.29 is 9.53 Å². The van der Waals surface area contributed by atoms with Crippen molar-refractivity contribution >= 4 is 17.4 Å². The Bertz CT molecular complexity index is 537. The second-order valence-electron chi connectivity index (χ2n) is 4.20. The van der Waals surface area contributed by atoms with Gasteiger partial charge in [-0.25, -0.2) is 0 Å². The lowest BCUT2D eigenvalue weighted by Gasteiger charge is -2.06. The SMILES string of the molecule is O=C(CCCOc1cccc(Cl)c1)c1ccccc1. The molecule has 0 aromatic heterocycles. The maximum atomic E-state index is 11.8. The molecule has 0 N–H and O–H groups in total. The maximum absolute atomic E-state index is 11.8. The number of rotatable bonds is 6. The highest BCUT2D eigenvalue weighted by Crippen LogP contribution is 2.17. The van der Waals surface area contributed by atoms with E-state index in [4.69, 9.17) is 16.3 Å². The van der Waals surface area contributed by atoms with Crippen LogP contribution in [0.3, 0.4) is 0 Å². The molecular formula is C16H15ClO2. The summed E-state index contributed by atoms with van der Waals surface area (Å²) in [7, 11) is 0. The Hall–Kier alpha value is -1.80. The van der Waals surface area contributed by atoms with E-state index >= 15 is 0 Å². The standard InChI is InChI=1S/C16H15ClO2/c17-14-8-4-9-15(12-14)19-11-5-10-16(18)13-6-2-1-3-7-13/h1-4,6-9,12H,5,10-11H2. The summed E-state index contributed by atoms with van der Waals surface area (Å²) in [5.74, 6) is 0.884. The number of benzene rings is 2. The number of hydrogen-bond acceptors (Lipinski definition) is 2. The van der Waals surface area contributed by atoms with Gasteiger partial charge in [0.05, 0.1) is 6.61 Å². The topological polar surface area (TPSA) is 26.3 Å². The second-order valence-corrected chi connectivity index (χ2v) is 4.64. The van der Waals surface area contributed by atoms with E-state index in [0.717, 1.165) is 11.3 Å². The normalized spacial score (nSPS) is 10.2. The molecule has 0 aliphatic heterocycles. The molecule has 0 amide bonds. The monoisotopic (exact) mass is 274 g/mol. The Morgan fingerprint density at radius 1 is 1.05 bits per heavy atom. The van der Waals surface area contributed by atoms with E-state index in [2.05, 4.69) is 0 Å². The van der Waals surface area contributed by atoms with Gasteiger partial charge in [0.2, 0.25) is 0 Å². The lowest BCUT2D eigenvalue weighted by Crippen LogP contribution is -2.03. The number of carbonyl (C=O) groups is 1. The van der Waals surface area contributed by atoms with Crippen LogP contribution in [0.2, 0.25) is 5.02 Å². The van der Waals surface area contributed by atoms with Gasteiger partial charge in [0, 0.05) is 17.0 Å². The van der Waals surface area contributed by atoms with Crippen LogP contribution in [0.15, 0.2) is 54.6 Å². The van der Waals surface area contributed by atoms with Crippen molar-refractivity contribution in [2.24, 2.45) is 0 Å². The van der Waals surface area contributed by atoms with Crippen LogP contribution in [0, 0.1) is 0 Å². The minimum Gasteiger partial charge on any atom is -0.494 e. The average Bonchev–Trinajstić information content (AvgIpc) is 2.44. The van der Waals surface area contributed by atoms with Crippen LogP contribution in [-0.2, 0) is 0 Å². The molecule has 0 radical (unpaired) electrons. The Labute approximate surface area is 118 Å². The van der Waals surface area contributed by atoms with E-state index in [1.165, 1.54) is 0 Å². The summed E-state index contributed by atoms with van der Waals surface area (Å²) in [5.41, 5.74) is 0.755. The summed E-state index contributed by atoms with van der Waals surface area (Å²) >= 11 is 5.85. The molecule has 0 saturated carbocycles. The van der Waals surface area contributed by atoms with Gasteiger partial charge >= 0.3 is 0 Å². The van der Waals surface area contributed by atoms with E-state index in [1.54, 1.807) is 12.1 Å². The Kier molecular flexibility index (Phi) is 4.99. The fraction of sp³-hybridized carbons (Fsp3) is 0.188. The number of carbonyl (C=O) groups excluding carboxylic acids is 1. The number of ether oxygens (including phenoxy) is 1. The van der Waals surface area contributed by atoms with Crippen molar-refractivity contribution in [1.29, 1.82) is 0 Å². The third-order valence-corrected chi connectivity index (χ3v) is 2.94. The van der Waals surface area contributed by atoms with Crippen molar-refractivity contribution in [3.8, 4) is 5.75 Å². The lowest BCUT2D eigenvalue weighted by atomic mass is 10.1. The smallest absolute Gasteiger partial charge is 0.163 e. The summed E-state index contributed by atoms with van der Waals surface area (Å²) < 4.78 is 5.54. The molecule has 2 nitrogen and oxygen atoms in total. The van der Waals surface area contributed by atoms with E-state index in [9.17, 15) is 4.79 Å². The number of Topliss-reactive ketones (excluding diaryl/α,β-unsaturated/α-hetero) is 1. The quantitative estimate of drug-likeness (QED) is 0.577. The van der Waals surface area contributed by atoms with Crippen LogP contribution in [0.25, 0.3) is 0 Å². The van der Waals surface area contributed by atoms with Crippen LogP contribution in [0.1, 0.15) is 23.2 Å². The fourth-order valence-electron chi connectivity index (χ4n) is 1.75. The van der Waals surface area contributed by atoms with Gasteiger partial charge in [-0.2, -0.15) is 0 Å². The minimum atomic E-state index is 0.148. The highest BCUT2D eigenvalue weighted by atomic mass is 35.5. The van der Waals surface area contributed by atoms with Gasteiger partial charge in [-0.05, 0) is 24.6 Å². The molecule has 0 unspecified atom stereocenters. The van der Waals surface area contributed by atoms with Gasteiger partial charge in [0.25, 0.3) is 0 Å². The molecule has 19 heavy (non-hydrogen) atoms. The second kappa shape index (κ2) is 6.95. The molecule has 0 aliphatic carbocycles. The fourth-order valence-corrected chi connectivity index (χ4v) is 1.93.